The molecule has 0 aliphatic carbocycles. The molecule has 1 N–H and O–H groups in total. The maximum absolute atomic E-state index is 12.8. The molecule has 0 spiro atoms. The molecule has 0 saturated carbocycles. The van der Waals surface area contributed by atoms with E-state index >= 15 is 0 Å². The molecule has 2 aromatic rings. The highest BCUT2D eigenvalue weighted by molar-refractivity contribution is 6.00. The maximum Gasteiger partial charge on any atom is 0.340 e. The summed E-state index contributed by atoms with van der Waals surface area (Å²) in [6.07, 6.45) is 2.35. The number of hydrogen-bond acceptors (Lipinski definition) is 7. The minimum absolute atomic E-state index is 0.0172. The van der Waals surface area contributed by atoms with Crippen LogP contribution in [0.3, 0.4) is 0 Å². The zero-order valence-corrected chi connectivity index (χ0v) is 15.7. The fraction of sp³-hybridized carbons (Fsp3) is 0.450. The quantitative estimate of drug-likeness (QED) is 0.627. The van der Waals surface area contributed by atoms with Crippen LogP contribution in [0.4, 0.5) is 0 Å². The predicted molar refractivity (Wildman–Crippen MR) is 99.0 cm³/mol. The van der Waals surface area contributed by atoms with Crippen LogP contribution in [0.5, 0.6) is 11.5 Å². The van der Waals surface area contributed by atoms with Crippen molar-refractivity contribution < 1.29 is 28.6 Å². The molecular formula is C20H21NO7. The molecule has 1 amide bonds. The standard InChI is InChI=1S/C20H21NO7/c1-10-13-5-16(26-2)18(24)15(9-22)19(13)28-20(25)14(10)6-17(23)21-7-11-3-4-12(8-21)27-11/h5,9,11-12,24H,3-4,6-8H2,1-2H3. The first kappa shape index (κ1) is 18.5. The van der Waals surface area contributed by atoms with Crippen molar-refractivity contribution >= 4 is 23.2 Å². The summed E-state index contributed by atoms with van der Waals surface area (Å²) in [7, 11) is 1.36. The van der Waals surface area contributed by atoms with E-state index in [1.165, 1.54) is 13.2 Å². The van der Waals surface area contributed by atoms with Crippen molar-refractivity contribution in [2.75, 3.05) is 20.2 Å². The number of rotatable bonds is 4. The molecule has 28 heavy (non-hydrogen) atoms. The van der Waals surface area contributed by atoms with Gasteiger partial charge in [-0.05, 0) is 31.4 Å². The number of carbonyl (C=O) groups is 2. The summed E-state index contributed by atoms with van der Waals surface area (Å²) in [4.78, 5) is 38.5. The lowest BCUT2D eigenvalue weighted by Crippen LogP contribution is -2.46. The Morgan fingerprint density at radius 1 is 1.36 bits per heavy atom. The molecule has 3 heterocycles. The highest BCUT2D eigenvalue weighted by Gasteiger charge is 2.36. The number of aromatic hydroxyl groups is 1. The molecule has 4 rings (SSSR count). The number of amides is 1. The van der Waals surface area contributed by atoms with Gasteiger partial charge in [-0.2, -0.15) is 0 Å². The van der Waals surface area contributed by atoms with Crippen molar-refractivity contribution in [1.29, 1.82) is 0 Å². The molecule has 1 aromatic heterocycles. The van der Waals surface area contributed by atoms with Crippen molar-refractivity contribution in [2.45, 2.75) is 38.4 Å². The Morgan fingerprint density at radius 3 is 2.64 bits per heavy atom. The number of phenolic OH excluding ortho intramolecular Hbond substituents is 1. The van der Waals surface area contributed by atoms with Crippen LogP contribution >= 0.6 is 0 Å². The van der Waals surface area contributed by atoms with Crippen LogP contribution in [-0.4, -0.2) is 54.6 Å². The lowest BCUT2D eigenvalue weighted by molar-refractivity contribution is -0.139. The van der Waals surface area contributed by atoms with Gasteiger partial charge in [-0.3, -0.25) is 9.59 Å². The first-order valence-electron chi connectivity index (χ1n) is 9.17. The van der Waals surface area contributed by atoms with E-state index in [4.69, 9.17) is 13.9 Å². The number of nitrogens with zero attached hydrogens (tertiary/aromatic N) is 1. The number of carbonyl (C=O) groups excluding carboxylic acids is 2. The van der Waals surface area contributed by atoms with E-state index in [-0.39, 0.29) is 52.7 Å². The Balaban J connectivity index is 1.73. The third kappa shape index (κ3) is 2.93. The fourth-order valence-electron chi connectivity index (χ4n) is 4.06. The van der Waals surface area contributed by atoms with Crippen LogP contribution in [0.2, 0.25) is 0 Å². The molecular weight excluding hydrogens is 366 g/mol. The molecule has 1 aromatic carbocycles. The normalized spacial score (nSPS) is 21.1. The van der Waals surface area contributed by atoms with Crippen molar-refractivity contribution in [3.8, 4) is 11.5 Å². The zero-order valence-electron chi connectivity index (χ0n) is 15.7. The molecule has 0 radical (unpaired) electrons. The third-order valence-electron chi connectivity index (χ3n) is 5.61. The number of phenols is 1. The van der Waals surface area contributed by atoms with Gasteiger partial charge in [0.05, 0.1) is 31.3 Å². The SMILES string of the molecule is COc1cc2c(C)c(CC(=O)N3CC4CCC(C3)O4)c(=O)oc2c(C=O)c1O. The van der Waals surface area contributed by atoms with Crippen LogP contribution in [-0.2, 0) is 16.0 Å². The first-order chi connectivity index (χ1) is 13.4. The van der Waals surface area contributed by atoms with E-state index in [1.807, 2.05) is 0 Å². The number of morpholine rings is 1. The minimum Gasteiger partial charge on any atom is -0.504 e. The molecule has 8 nitrogen and oxygen atoms in total. The highest BCUT2D eigenvalue weighted by atomic mass is 16.5. The number of benzene rings is 1. The van der Waals surface area contributed by atoms with Crippen LogP contribution in [0.1, 0.15) is 34.3 Å². The van der Waals surface area contributed by atoms with Gasteiger partial charge in [0.2, 0.25) is 5.91 Å². The lowest BCUT2D eigenvalue weighted by atomic mass is 10.00. The molecule has 2 unspecified atom stereocenters. The second-order valence-corrected chi connectivity index (χ2v) is 7.26. The molecule has 2 bridgehead atoms. The van der Waals surface area contributed by atoms with Gasteiger partial charge in [0, 0.05) is 18.5 Å². The third-order valence-corrected chi connectivity index (χ3v) is 5.61. The zero-order chi connectivity index (χ0) is 20.0. The Hall–Kier alpha value is -2.87. The number of methoxy groups -OCH3 is 1. The van der Waals surface area contributed by atoms with Crippen molar-refractivity contribution in [2.24, 2.45) is 0 Å². The lowest BCUT2D eigenvalue weighted by Gasteiger charge is -2.32. The predicted octanol–water partition coefficient (Wildman–Crippen LogP) is 1.56. The van der Waals surface area contributed by atoms with E-state index in [9.17, 15) is 19.5 Å². The van der Waals surface area contributed by atoms with E-state index < -0.39 is 5.63 Å². The van der Waals surface area contributed by atoms with Gasteiger partial charge in [0.15, 0.2) is 23.4 Å². The van der Waals surface area contributed by atoms with Gasteiger partial charge >= 0.3 is 5.63 Å². The van der Waals surface area contributed by atoms with E-state index in [0.29, 0.717) is 30.3 Å². The monoisotopic (exact) mass is 387 g/mol. The van der Waals surface area contributed by atoms with E-state index in [2.05, 4.69) is 0 Å². The van der Waals surface area contributed by atoms with E-state index in [0.717, 1.165) is 12.8 Å². The fourth-order valence-corrected chi connectivity index (χ4v) is 4.06. The average molecular weight is 387 g/mol. The summed E-state index contributed by atoms with van der Waals surface area (Å²) in [5, 5.41) is 10.6. The Kier molecular flexibility index (Phi) is 4.58. The largest absolute Gasteiger partial charge is 0.504 e. The Bertz CT molecular complexity index is 1010. The van der Waals surface area contributed by atoms with Gasteiger partial charge in [-0.1, -0.05) is 0 Å². The second-order valence-electron chi connectivity index (χ2n) is 7.26. The first-order valence-corrected chi connectivity index (χ1v) is 9.17. The molecule has 2 aliphatic rings. The Labute approximate surface area is 160 Å². The number of likely N-dealkylation sites (tertiary alicyclic amines) is 1. The summed E-state index contributed by atoms with van der Waals surface area (Å²) in [5.74, 6) is -0.454. The molecule has 8 heteroatoms. The average Bonchev–Trinajstić information content (AvgIpc) is 3.02. The highest BCUT2D eigenvalue weighted by Crippen LogP contribution is 2.37. The van der Waals surface area contributed by atoms with E-state index in [1.54, 1.807) is 11.8 Å². The smallest absolute Gasteiger partial charge is 0.340 e. The molecule has 2 atom stereocenters. The minimum atomic E-state index is -0.692. The van der Waals surface area contributed by atoms with Crippen molar-refractivity contribution in [3.05, 3.63) is 33.2 Å². The Morgan fingerprint density at radius 2 is 2.04 bits per heavy atom. The topological polar surface area (TPSA) is 106 Å². The molecule has 2 fully saturated rings. The van der Waals surface area contributed by atoms with Gasteiger partial charge < -0.3 is 23.9 Å². The summed E-state index contributed by atoms with van der Waals surface area (Å²) in [6.45, 7) is 2.75. The van der Waals surface area contributed by atoms with Crippen molar-refractivity contribution in [1.82, 2.24) is 4.90 Å². The molecule has 2 saturated heterocycles. The summed E-state index contributed by atoms with van der Waals surface area (Å²) in [6, 6.07) is 1.50. The van der Waals surface area contributed by atoms with Gasteiger partial charge in [0.25, 0.3) is 0 Å². The van der Waals surface area contributed by atoms with Crippen LogP contribution in [0.25, 0.3) is 11.0 Å². The van der Waals surface area contributed by atoms with Crippen LogP contribution in [0.15, 0.2) is 15.3 Å². The number of aldehydes is 1. The summed E-state index contributed by atoms with van der Waals surface area (Å²) in [5.41, 5.74) is -0.103. The number of hydrogen-bond donors (Lipinski definition) is 1. The van der Waals surface area contributed by atoms with Gasteiger partial charge in [-0.15, -0.1) is 0 Å². The van der Waals surface area contributed by atoms with Crippen molar-refractivity contribution in [3.63, 3.8) is 0 Å². The van der Waals surface area contributed by atoms with Gasteiger partial charge in [0.1, 0.15) is 5.56 Å². The number of ether oxygens (including phenoxy) is 2. The second kappa shape index (κ2) is 6.94. The maximum atomic E-state index is 12.8. The molecule has 148 valence electrons. The molecule has 2 aliphatic heterocycles. The number of aryl methyl sites for hydroxylation is 1. The summed E-state index contributed by atoms with van der Waals surface area (Å²) >= 11 is 0. The van der Waals surface area contributed by atoms with Crippen LogP contribution in [0, 0.1) is 6.92 Å². The summed E-state index contributed by atoms with van der Waals surface area (Å²) < 4.78 is 16.2. The van der Waals surface area contributed by atoms with Gasteiger partial charge in [-0.25, -0.2) is 4.79 Å². The van der Waals surface area contributed by atoms with Crippen LogP contribution < -0.4 is 10.4 Å². The number of fused-ring (bicyclic) bond motifs is 3.